The molecule has 1 N–H and O–H groups in total. The standard InChI is InChI=1S/C18H18BrN5O3/c1-3-27-18(26)15-10-21-24(14-7-5-4-6-8-14)16(15)22-17(25)12(2)23-11-13(19)9-20-23/h4-12H,3H2,1-2H3,(H,22,25). The summed E-state index contributed by atoms with van der Waals surface area (Å²) < 4.78 is 8.86. The van der Waals surface area contributed by atoms with E-state index in [1.54, 1.807) is 26.2 Å². The van der Waals surface area contributed by atoms with E-state index in [0.29, 0.717) is 5.69 Å². The molecule has 2 aromatic heterocycles. The molecule has 1 unspecified atom stereocenters. The molecule has 0 aliphatic heterocycles. The molecule has 1 atom stereocenters. The first-order chi connectivity index (χ1) is 13.0. The van der Waals surface area contributed by atoms with Gasteiger partial charge in [-0.05, 0) is 41.9 Å². The number of rotatable bonds is 6. The molecule has 3 rings (SSSR count). The predicted molar refractivity (Wildman–Crippen MR) is 103 cm³/mol. The highest BCUT2D eigenvalue weighted by Gasteiger charge is 2.24. The highest BCUT2D eigenvalue weighted by Crippen LogP contribution is 2.23. The number of anilines is 1. The Morgan fingerprint density at radius 1 is 1.22 bits per heavy atom. The number of ether oxygens (including phenoxy) is 1. The van der Waals surface area contributed by atoms with E-state index in [0.717, 1.165) is 4.47 Å². The lowest BCUT2D eigenvalue weighted by Crippen LogP contribution is -2.26. The lowest BCUT2D eigenvalue weighted by molar-refractivity contribution is -0.119. The summed E-state index contributed by atoms with van der Waals surface area (Å²) in [5.74, 6) is -0.638. The van der Waals surface area contributed by atoms with Gasteiger partial charge in [-0.25, -0.2) is 9.48 Å². The molecule has 9 heteroatoms. The fourth-order valence-electron chi connectivity index (χ4n) is 2.46. The van der Waals surface area contributed by atoms with Crippen molar-refractivity contribution in [1.29, 1.82) is 0 Å². The quantitative estimate of drug-likeness (QED) is 0.605. The van der Waals surface area contributed by atoms with Gasteiger partial charge in [-0.2, -0.15) is 10.2 Å². The van der Waals surface area contributed by atoms with Gasteiger partial charge in [0.2, 0.25) is 5.91 Å². The first-order valence-corrected chi connectivity index (χ1v) is 9.11. The zero-order chi connectivity index (χ0) is 19.4. The lowest BCUT2D eigenvalue weighted by Gasteiger charge is -2.15. The van der Waals surface area contributed by atoms with Crippen LogP contribution in [0.4, 0.5) is 5.82 Å². The number of carbonyl (C=O) groups is 2. The van der Waals surface area contributed by atoms with E-state index in [9.17, 15) is 9.59 Å². The fraction of sp³-hybridized carbons (Fsp3) is 0.222. The van der Waals surface area contributed by atoms with Crippen LogP contribution in [0.25, 0.3) is 5.69 Å². The Morgan fingerprint density at radius 2 is 1.96 bits per heavy atom. The molecule has 0 saturated carbocycles. The van der Waals surface area contributed by atoms with Crippen molar-refractivity contribution in [2.45, 2.75) is 19.9 Å². The number of amides is 1. The van der Waals surface area contributed by atoms with Gasteiger partial charge in [-0.1, -0.05) is 18.2 Å². The van der Waals surface area contributed by atoms with Crippen molar-refractivity contribution < 1.29 is 14.3 Å². The average Bonchev–Trinajstić information content (AvgIpc) is 3.28. The summed E-state index contributed by atoms with van der Waals surface area (Å²) in [5, 5.41) is 11.2. The van der Waals surface area contributed by atoms with Crippen LogP contribution in [-0.2, 0) is 9.53 Å². The van der Waals surface area contributed by atoms with E-state index in [4.69, 9.17) is 4.74 Å². The van der Waals surface area contributed by atoms with Crippen molar-refractivity contribution in [3.63, 3.8) is 0 Å². The van der Waals surface area contributed by atoms with Crippen LogP contribution in [-0.4, -0.2) is 38.0 Å². The zero-order valence-corrected chi connectivity index (χ0v) is 16.4. The predicted octanol–water partition coefficient (Wildman–Crippen LogP) is 3.21. The number of hydrogen-bond donors (Lipinski definition) is 1. The molecule has 0 aliphatic rings. The zero-order valence-electron chi connectivity index (χ0n) is 14.8. The summed E-state index contributed by atoms with van der Waals surface area (Å²) in [7, 11) is 0. The second kappa shape index (κ2) is 8.17. The van der Waals surface area contributed by atoms with E-state index in [1.165, 1.54) is 15.6 Å². The summed E-state index contributed by atoms with van der Waals surface area (Å²) in [6.45, 7) is 3.65. The molecule has 0 bridgehead atoms. The summed E-state index contributed by atoms with van der Waals surface area (Å²) >= 11 is 3.31. The van der Waals surface area contributed by atoms with Crippen LogP contribution in [0.5, 0.6) is 0 Å². The maximum atomic E-state index is 12.8. The number of nitrogens with zero attached hydrogens (tertiary/aromatic N) is 4. The molecule has 8 nitrogen and oxygen atoms in total. The third-order valence-electron chi connectivity index (χ3n) is 3.85. The van der Waals surface area contributed by atoms with E-state index in [1.807, 2.05) is 30.3 Å². The summed E-state index contributed by atoms with van der Waals surface area (Å²) in [4.78, 5) is 25.0. The Morgan fingerprint density at radius 3 is 2.59 bits per heavy atom. The third kappa shape index (κ3) is 4.08. The molecular formula is C18H18BrN5O3. The number of benzene rings is 1. The van der Waals surface area contributed by atoms with Crippen LogP contribution >= 0.6 is 15.9 Å². The van der Waals surface area contributed by atoms with Gasteiger partial charge in [-0.3, -0.25) is 9.48 Å². The topological polar surface area (TPSA) is 91.0 Å². The third-order valence-corrected chi connectivity index (χ3v) is 4.26. The normalized spacial score (nSPS) is 11.8. The van der Waals surface area contributed by atoms with Gasteiger partial charge < -0.3 is 10.1 Å². The van der Waals surface area contributed by atoms with Crippen LogP contribution in [0.15, 0.2) is 53.4 Å². The van der Waals surface area contributed by atoms with E-state index >= 15 is 0 Å². The molecule has 0 radical (unpaired) electrons. The second-order valence-corrected chi connectivity index (χ2v) is 6.59. The van der Waals surface area contributed by atoms with Crippen molar-refractivity contribution >= 4 is 33.6 Å². The van der Waals surface area contributed by atoms with Gasteiger partial charge >= 0.3 is 5.97 Å². The summed E-state index contributed by atoms with van der Waals surface area (Å²) in [5.41, 5.74) is 0.890. The maximum absolute atomic E-state index is 12.8. The molecule has 2 heterocycles. The molecular weight excluding hydrogens is 414 g/mol. The lowest BCUT2D eigenvalue weighted by atomic mass is 10.2. The summed E-state index contributed by atoms with van der Waals surface area (Å²) in [6.07, 6.45) is 4.68. The van der Waals surface area contributed by atoms with Crippen molar-refractivity contribution in [2.24, 2.45) is 0 Å². The van der Waals surface area contributed by atoms with Crippen molar-refractivity contribution in [3.05, 3.63) is 59.0 Å². The molecule has 140 valence electrons. The maximum Gasteiger partial charge on any atom is 0.343 e. The van der Waals surface area contributed by atoms with Crippen LogP contribution in [0.1, 0.15) is 30.2 Å². The van der Waals surface area contributed by atoms with Crippen LogP contribution < -0.4 is 5.32 Å². The highest BCUT2D eigenvalue weighted by atomic mass is 79.9. The largest absolute Gasteiger partial charge is 0.462 e. The van der Waals surface area contributed by atoms with Crippen molar-refractivity contribution in [2.75, 3.05) is 11.9 Å². The number of esters is 1. The number of para-hydroxylation sites is 1. The van der Waals surface area contributed by atoms with E-state index in [2.05, 4.69) is 31.4 Å². The van der Waals surface area contributed by atoms with Crippen molar-refractivity contribution in [1.82, 2.24) is 19.6 Å². The number of hydrogen-bond acceptors (Lipinski definition) is 5. The highest BCUT2D eigenvalue weighted by molar-refractivity contribution is 9.10. The Hall–Kier alpha value is -2.94. The fourth-order valence-corrected chi connectivity index (χ4v) is 2.76. The summed E-state index contributed by atoms with van der Waals surface area (Å²) in [6, 6.07) is 8.62. The Labute approximate surface area is 164 Å². The molecule has 0 saturated heterocycles. The smallest absolute Gasteiger partial charge is 0.343 e. The minimum atomic E-state index is -0.592. The molecule has 1 aromatic carbocycles. The average molecular weight is 432 g/mol. The minimum absolute atomic E-state index is 0.183. The number of aromatic nitrogens is 4. The van der Waals surface area contributed by atoms with Gasteiger partial charge in [0.1, 0.15) is 11.6 Å². The SMILES string of the molecule is CCOC(=O)c1cnn(-c2ccccc2)c1NC(=O)C(C)n1cc(Br)cn1. The Bertz CT molecular complexity index is 951. The van der Waals surface area contributed by atoms with Crippen LogP contribution in [0.3, 0.4) is 0 Å². The van der Waals surface area contributed by atoms with E-state index < -0.39 is 12.0 Å². The van der Waals surface area contributed by atoms with Crippen molar-refractivity contribution in [3.8, 4) is 5.69 Å². The monoisotopic (exact) mass is 431 g/mol. The van der Waals surface area contributed by atoms with Gasteiger partial charge in [-0.15, -0.1) is 0 Å². The molecule has 27 heavy (non-hydrogen) atoms. The molecule has 3 aromatic rings. The first kappa shape index (κ1) is 18.8. The van der Waals surface area contributed by atoms with Gasteiger partial charge in [0, 0.05) is 6.20 Å². The molecule has 1 amide bonds. The molecule has 0 spiro atoms. The van der Waals surface area contributed by atoms with Gasteiger partial charge in [0.05, 0.1) is 29.2 Å². The van der Waals surface area contributed by atoms with Gasteiger partial charge in [0.25, 0.3) is 0 Å². The minimum Gasteiger partial charge on any atom is -0.462 e. The number of nitrogens with one attached hydrogen (secondary N) is 1. The first-order valence-electron chi connectivity index (χ1n) is 8.32. The Balaban J connectivity index is 1.95. The number of carbonyl (C=O) groups excluding carboxylic acids is 2. The van der Waals surface area contributed by atoms with Crippen LogP contribution in [0.2, 0.25) is 0 Å². The van der Waals surface area contributed by atoms with E-state index in [-0.39, 0.29) is 23.9 Å². The van der Waals surface area contributed by atoms with Gasteiger partial charge in [0.15, 0.2) is 5.82 Å². The van der Waals surface area contributed by atoms with Crippen LogP contribution in [0, 0.1) is 0 Å². The Kier molecular flexibility index (Phi) is 5.70. The molecule has 0 aliphatic carbocycles. The number of halogens is 1. The molecule has 0 fully saturated rings. The second-order valence-electron chi connectivity index (χ2n) is 5.68.